The van der Waals surface area contributed by atoms with Crippen molar-refractivity contribution in [2.75, 3.05) is 40.3 Å². The third-order valence-electron chi connectivity index (χ3n) is 5.80. The van der Waals surface area contributed by atoms with Gasteiger partial charge in [0.2, 0.25) is 5.91 Å². The highest BCUT2D eigenvalue weighted by atomic mass is 16.2. The van der Waals surface area contributed by atoms with Crippen LogP contribution >= 0.6 is 0 Å². The summed E-state index contributed by atoms with van der Waals surface area (Å²) < 4.78 is 0. The van der Waals surface area contributed by atoms with Gasteiger partial charge in [0.05, 0.1) is 6.54 Å². The molecular formula is C22H35N5O. The molecule has 6 nitrogen and oxygen atoms in total. The predicted octanol–water partition coefficient (Wildman–Crippen LogP) is 1.96. The number of nitrogens with one attached hydrogen (secondary N) is 2. The summed E-state index contributed by atoms with van der Waals surface area (Å²) in [5.74, 6) is 1.70. The van der Waals surface area contributed by atoms with Crippen LogP contribution in [0, 0.1) is 6.92 Å². The Labute approximate surface area is 169 Å². The zero-order valence-corrected chi connectivity index (χ0v) is 17.7. The SMILES string of the molecule is CCN=C(NC1CCN(CC(=O)N(C)C)CC1)NC1CC1c1ccccc1C. The number of rotatable bonds is 6. The fourth-order valence-corrected chi connectivity index (χ4v) is 3.93. The third kappa shape index (κ3) is 5.47. The molecule has 2 N–H and O–H groups in total. The molecule has 1 amide bonds. The Morgan fingerprint density at radius 1 is 1.21 bits per heavy atom. The largest absolute Gasteiger partial charge is 0.354 e. The predicted molar refractivity (Wildman–Crippen MR) is 115 cm³/mol. The summed E-state index contributed by atoms with van der Waals surface area (Å²) in [5, 5.41) is 7.27. The highest BCUT2D eigenvalue weighted by molar-refractivity contribution is 5.81. The molecule has 1 aromatic carbocycles. The number of aliphatic imine (C=N–C) groups is 1. The second-order valence-corrected chi connectivity index (χ2v) is 8.26. The zero-order valence-electron chi connectivity index (χ0n) is 17.7. The first kappa shape index (κ1) is 20.6. The number of aryl methyl sites for hydroxylation is 1. The molecule has 2 atom stereocenters. The van der Waals surface area contributed by atoms with Gasteiger partial charge in [-0.2, -0.15) is 0 Å². The van der Waals surface area contributed by atoms with Crippen LogP contribution < -0.4 is 10.6 Å². The molecule has 1 aliphatic heterocycles. The number of guanidine groups is 1. The Morgan fingerprint density at radius 2 is 1.93 bits per heavy atom. The van der Waals surface area contributed by atoms with Gasteiger partial charge in [0.1, 0.15) is 0 Å². The van der Waals surface area contributed by atoms with Gasteiger partial charge < -0.3 is 15.5 Å². The van der Waals surface area contributed by atoms with Gasteiger partial charge in [0.15, 0.2) is 5.96 Å². The number of nitrogens with zero attached hydrogens (tertiary/aromatic N) is 3. The van der Waals surface area contributed by atoms with E-state index in [9.17, 15) is 4.79 Å². The number of hydrogen-bond donors (Lipinski definition) is 2. The molecule has 0 aromatic heterocycles. The summed E-state index contributed by atoms with van der Waals surface area (Å²) in [6, 6.07) is 9.56. The van der Waals surface area contributed by atoms with Crippen LogP contribution in [0.25, 0.3) is 0 Å². The molecule has 0 radical (unpaired) electrons. The number of likely N-dealkylation sites (N-methyl/N-ethyl adjacent to an activating group) is 1. The summed E-state index contributed by atoms with van der Waals surface area (Å²) in [4.78, 5) is 20.5. The molecule has 0 spiro atoms. The lowest BCUT2D eigenvalue weighted by atomic mass is 10.0. The standard InChI is InChI=1S/C22H35N5O/c1-5-23-22(25-20-14-19(20)18-9-7-6-8-16(18)2)24-17-10-12-27(13-11-17)15-21(28)26(3)4/h6-9,17,19-20H,5,10-15H2,1-4H3,(H2,23,24,25). The minimum absolute atomic E-state index is 0.178. The zero-order chi connectivity index (χ0) is 20.1. The molecule has 3 rings (SSSR count). The highest BCUT2D eigenvalue weighted by Crippen LogP contribution is 2.42. The molecule has 1 saturated heterocycles. The molecule has 2 fully saturated rings. The molecule has 1 heterocycles. The summed E-state index contributed by atoms with van der Waals surface area (Å²) in [5.41, 5.74) is 2.83. The van der Waals surface area contributed by atoms with Gasteiger partial charge in [-0.3, -0.25) is 14.7 Å². The molecule has 1 aliphatic carbocycles. The number of hydrogen-bond acceptors (Lipinski definition) is 3. The topological polar surface area (TPSA) is 60.0 Å². The Bertz CT molecular complexity index is 694. The first-order valence-corrected chi connectivity index (χ1v) is 10.5. The monoisotopic (exact) mass is 385 g/mol. The molecule has 0 bridgehead atoms. The van der Waals surface area contributed by atoms with Gasteiger partial charge in [-0.15, -0.1) is 0 Å². The molecule has 1 aromatic rings. The van der Waals surface area contributed by atoms with Gasteiger partial charge >= 0.3 is 0 Å². The lowest BCUT2D eigenvalue weighted by Gasteiger charge is -2.33. The van der Waals surface area contributed by atoms with Crippen molar-refractivity contribution in [2.24, 2.45) is 4.99 Å². The van der Waals surface area contributed by atoms with Gasteiger partial charge in [-0.05, 0) is 44.2 Å². The average Bonchev–Trinajstić information content (AvgIpc) is 3.42. The van der Waals surface area contributed by atoms with Gasteiger partial charge in [-0.25, -0.2) is 0 Å². The van der Waals surface area contributed by atoms with Crippen LogP contribution in [0.4, 0.5) is 0 Å². The van der Waals surface area contributed by atoms with Crippen LogP contribution in [0.3, 0.4) is 0 Å². The minimum atomic E-state index is 0.178. The van der Waals surface area contributed by atoms with Gasteiger partial charge in [-0.1, -0.05) is 24.3 Å². The normalized spacial score (nSPS) is 23.4. The van der Waals surface area contributed by atoms with Crippen LogP contribution in [0.2, 0.25) is 0 Å². The van der Waals surface area contributed by atoms with Crippen LogP contribution in [0.1, 0.15) is 43.2 Å². The number of amides is 1. The van der Waals surface area contributed by atoms with E-state index in [0.717, 1.165) is 38.4 Å². The lowest BCUT2D eigenvalue weighted by Crippen LogP contribution is -2.50. The fraction of sp³-hybridized carbons (Fsp3) is 0.636. The number of piperidine rings is 1. The average molecular weight is 386 g/mol. The van der Waals surface area contributed by atoms with Crippen LogP contribution in [-0.2, 0) is 4.79 Å². The Morgan fingerprint density at radius 3 is 2.57 bits per heavy atom. The van der Waals surface area contributed by atoms with E-state index in [1.54, 1.807) is 4.90 Å². The van der Waals surface area contributed by atoms with Crippen molar-refractivity contribution in [3.63, 3.8) is 0 Å². The lowest BCUT2D eigenvalue weighted by molar-refractivity contribution is -0.130. The van der Waals surface area contributed by atoms with Gasteiger partial charge in [0.25, 0.3) is 0 Å². The minimum Gasteiger partial charge on any atom is -0.354 e. The maximum absolute atomic E-state index is 11.9. The first-order chi connectivity index (χ1) is 13.5. The Kier molecular flexibility index (Phi) is 6.94. The maximum atomic E-state index is 11.9. The molecule has 1 saturated carbocycles. The number of carbonyl (C=O) groups is 1. The third-order valence-corrected chi connectivity index (χ3v) is 5.80. The highest BCUT2D eigenvalue weighted by Gasteiger charge is 2.40. The van der Waals surface area contributed by atoms with Crippen molar-refractivity contribution in [1.29, 1.82) is 0 Å². The van der Waals surface area contributed by atoms with Crippen LogP contribution in [0.5, 0.6) is 0 Å². The number of likely N-dealkylation sites (tertiary alicyclic amines) is 1. The molecule has 28 heavy (non-hydrogen) atoms. The molecule has 2 aliphatic rings. The Balaban J connectivity index is 1.47. The van der Waals surface area contributed by atoms with Crippen LogP contribution in [-0.4, -0.2) is 74.0 Å². The van der Waals surface area contributed by atoms with Crippen molar-refractivity contribution in [1.82, 2.24) is 20.4 Å². The second kappa shape index (κ2) is 9.41. The van der Waals surface area contributed by atoms with E-state index < -0.39 is 0 Å². The second-order valence-electron chi connectivity index (χ2n) is 8.26. The first-order valence-electron chi connectivity index (χ1n) is 10.5. The molecular weight excluding hydrogens is 350 g/mol. The molecule has 154 valence electrons. The van der Waals surface area contributed by atoms with E-state index in [-0.39, 0.29) is 5.91 Å². The summed E-state index contributed by atoms with van der Waals surface area (Å²) in [6.07, 6.45) is 3.24. The summed E-state index contributed by atoms with van der Waals surface area (Å²) in [6.45, 7) is 7.46. The molecule has 6 heteroatoms. The van der Waals surface area contributed by atoms with Crippen molar-refractivity contribution in [3.05, 3.63) is 35.4 Å². The number of carbonyl (C=O) groups excluding carboxylic acids is 1. The van der Waals surface area contributed by atoms with E-state index in [2.05, 4.69) is 58.6 Å². The maximum Gasteiger partial charge on any atom is 0.236 e. The van der Waals surface area contributed by atoms with Crippen molar-refractivity contribution >= 4 is 11.9 Å². The smallest absolute Gasteiger partial charge is 0.236 e. The van der Waals surface area contributed by atoms with Crippen LogP contribution in [0.15, 0.2) is 29.3 Å². The van der Waals surface area contributed by atoms with Crippen molar-refractivity contribution in [3.8, 4) is 0 Å². The summed E-state index contributed by atoms with van der Waals surface area (Å²) >= 11 is 0. The van der Waals surface area contributed by atoms with E-state index in [1.165, 1.54) is 17.5 Å². The van der Waals surface area contributed by atoms with E-state index in [1.807, 2.05) is 14.1 Å². The fourth-order valence-electron chi connectivity index (χ4n) is 3.93. The van der Waals surface area contributed by atoms with Crippen molar-refractivity contribution < 1.29 is 4.79 Å². The quantitative estimate of drug-likeness (QED) is 0.581. The van der Waals surface area contributed by atoms with Gasteiger partial charge in [0, 0.05) is 51.7 Å². The molecule has 2 unspecified atom stereocenters. The van der Waals surface area contributed by atoms with Crippen molar-refractivity contribution in [2.45, 2.75) is 51.1 Å². The summed E-state index contributed by atoms with van der Waals surface area (Å²) in [7, 11) is 3.63. The van der Waals surface area contributed by atoms with E-state index >= 15 is 0 Å². The van der Waals surface area contributed by atoms with E-state index in [0.29, 0.717) is 24.5 Å². The number of benzene rings is 1. The Hall–Kier alpha value is -2.08. The van der Waals surface area contributed by atoms with E-state index in [4.69, 9.17) is 0 Å².